The predicted octanol–water partition coefficient (Wildman–Crippen LogP) is 12.8. The maximum absolute atomic E-state index is 6.32. The lowest BCUT2D eigenvalue weighted by atomic mass is 10.0. The molecule has 4 nitrogen and oxygen atoms in total. The Hall–Kier alpha value is -1.72. The molecule has 0 spiro atoms. The number of nitrogens with zero attached hydrogens (tertiary/aromatic N) is 2. The van der Waals surface area contributed by atoms with E-state index in [4.69, 9.17) is 9.47 Å². The molecule has 0 radical (unpaired) electrons. The quantitative estimate of drug-likeness (QED) is 0.0560. The summed E-state index contributed by atoms with van der Waals surface area (Å²) in [7, 11) is 0. The topological polar surface area (TPSA) is 24.9 Å². The zero-order valence-electron chi connectivity index (χ0n) is 32.1. The highest BCUT2D eigenvalue weighted by Crippen LogP contribution is 2.23. The van der Waals surface area contributed by atoms with Crippen LogP contribution in [0.15, 0.2) is 48.5 Å². The number of rotatable bonds is 33. The standard InChI is InChI=1S/C44H76N2O2/c1-5-9-13-17-21-31-45(32-22-18-14-10-6-2)39-47-37-41-27-25-29-43(35-41)44-30-26-28-42(36-44)38-48-40-46(33-23-19-15-11-7-3)34-24-20-16-12-8-4/h25-30,35-36H,5-24,31-34,37-40H2,1-4H3. The third-order valence-corrected chi connectivity index (χ3v) is 9.58. The lowest BCUT2D eigenvalue weighted by Crippen LogP contribution is -2.28. The van der Waals surface area contributed by atoms with Crippen LogP contribution in [-0.2, 0) is 22.7 Å². The molecule has 0 bridgehead atoms. The maximum Gasteiger partial charge on any atom is 0.0994 e. The second-order valence-corrected chi connectivity index (χ2v) is 14.2. The van der Waals surface area contributed by atoms with E-state index >= 15 is 0 Å². The van der Waals surface area contributed by atoms with Gasteiger partial charge in [0.15, 0.2) is 0 Å². The largest absolute Gasteiger partial charge is 0.361 e. The summed E-state index contributed by atoms with van der Waals surface area (Å²) in [5.41, 5.74) is 4.99. The van der Waals surface area contributed by atoms with Crippen LogP contribution in [-0.4, -0.2) is 49.4 Å². The molecule has 0 aliphatic rings. The smallest absolute Gasteiger partial charge is 0.0994 e. The SMILES string of the molecule is CCCCCCCN(CCCCCCC)COCc1cccc(-c2cccc(COCN(CCCCCCC)CCCCCCC)c2)c1. The first-order valence-corrected chi connectivity index (χ1v) is 20.5. The van der Waals surface area contributed by atoms with Crippen LogP contribution in [0.1, 0.15) is 167 Å². The number of hydrogen-bond acceptors (Lipinski definition) is 4. The normalized spacial score (nSPS) is 11.7. The van der Waals surface area contributed by atoms with Gasteiger partial charge in [-0.3, -0.25) is 9.80 Å². The third kappa shape index (κ3) is 21.4. The molecular weight excluding hydrogens is 588 g/mol. The van der Waals surface area contributed by atoms with Gasteiger partial charge in [-0.2, -0.15) is 0 Å². The van der Waals surface area contributed by atoms with Crippen LogP contribution in [0.5, 0.6) is 0 Å². The van der Waals surface area contributed by atoms with Gasteiger partial charge in [0.2, 0.25) is 0 Å². The molecule has 0 atom stereocenters. The molecule has 0 saturated heterocycles. The lowest BCUT2D eigenvalue weighted by molar-refractivity contribution is 0.0168. The molecule has 0 fully saturated rings. The van der Waals surface area contributed by atoms with Gasteiger partial charge < -0.3 is 9.47 Å². The van der Waals surface area contributed by atoms with Crippen molar-refractivity contribution in [3.8, 4) is 11.1 Å². The van der Waals surface area contributed by atoms with Gasteiger partial charge in [0.1, 0.15) is 0 Å². The van der Waals surface area contributed by atoms with Gasteiger partial charge in [-0.25, -0.2) is 0 Å². The zero-order valence-corrected chi connectivity index (χ0v) is 32.1. The minimum Gasteiger partial charge on any atom is -0.361 e. The average Bonchev–Trinajstić information content (AvgIpc) is 3.11. The van der Waals surface area contributed by atoms with Crippen molar-refractivity contribution < 1.29 is 9.47 Å². The Kier molecular flexibility index (Phi) is 26.6. The monoisotopic (exact) mass is 665 g/mol. The summed E-state index contributed by atoms with van der Waals surface area (Å²) in [5, 5.41) is 0. The number of ether oxygens (including phenoxy) is 2. The molecule has 0 aliphatic heterocycles. The Bertz CT molecular complexity index is 888. The molecule has 2 aromatic rings. The van der Waals surface area contributed by atoms with Crippen molar-refractivity contribution in [2.24, 2.45) is 0 Å². The molecule has 2 rings (SSSR count). The van der Waals surface area contributed by atoms with E-state index in [1.54, 1.807) is 0 Å². The summed E-state index contributed by atoms with van der Waals surface area (Å²) in [6.07, 6.45) is 26.6. The molecule has 0 unspecified atom stereocenters. The summed E-state index contributed by atoms with van der Waals surface area (Å²) in [6, 6.07) is 17.8. The van der Waals surface area contributed by atoms with Gasteiger partial charge in [0, 0.05) is 26.2 Å². The van der Waals surface area contributed by atoms with E-state index in [-0.39, 0.29) is 0 Å². The van der Waals surface area contributed by atoms with Crippen LogP contribution >= 0.6 is 0 Å². The molecule has 2 aromatic carbocycles. The zero-order chi connectivity index (χ0) is 34.3. The molecule has 0 aliphatic carbocycles. The van der Waals surface area contributed by atoms with Crippen LogP contribution in [0.25, 0.3) is 11.1 Å². The van der Waals surface area contributed by atoms with Crippen molar-refractivity contribution in [1.29, 1.82) is 0 Å². The number of unbranched alkanes of at least 4 members (excludes halogenated alkanes) is 16. The van der Waals surface area contributed by atoms with Crippen molar-refractivity contribution in [2.75, 3.05) is 39.6 Å². The maximum atomic E-state index is 6.32. The summed E-state index contributed by atoms with van der Waals surface area (Å²) >= 11 is 0. The van der Waals surface area contributed by atoms with E-state index < -0.39 is 0 Å². The fraction of sp³-hybridized carbons (Fsp3) is 0.727. The molecule has 0 amide bonds. The van der Waals surface area contributed by atoms with Crippen LogP contribution in [0.4, 0.5) is 0 Å². The van der Waals surface area contributed by atoms with Crippen LogP contribution in [0.2, 0.25) is 0 Å². The number of hydrogen-bond donors (Lipinski definition) is 0. The van der Waals surface area contributed by atoms with Crippen LogP contribution < -0.4 is 0 Å². The molecular formula is C44H76N2O2. The van der Waals surface area contributed by atoms with Gasteiger partial charge in [-0.15, -0.1) is 0 Å². The minimum atomic E-state index is 0.658. The first-order chi connectivity index (χ1) is 23.7. The van der Waals surface area contributed by atoms with E-state index in [0.29, 0.717) is 13.2 Å². The number of benzene rings is 2. The van der Waals surface area contributed by atoms with E-state index in [2.05, 4.69) is 86.0 Å². The predicted molar refractivity (Wildman–Crippen MR) is 209 cm³/mol. The Morgan fingerprint density at radius 3 is 1.02 bits per heavy atom. The lowest BCUT2D eigenvalue weighted by Gasteiger charge is -2.22. The first-order valence-electron chi connectivity index (χ1n) is 20.5. The van der Waals surface area contributed by atoms with E-state index in [1.807, 2.05) is 0 Å². The fourth-order valence-corrected chi connectivity index (χ4v) is 6.50. The van der Waals surface area contributed by atoms with Crippen molar-refractivity contribution in [1.82, 2.24) is 9.80 Å². The van der Waals surface area contributed by atoms with Crippen molar-refractivity contribution in [3.63, 3.8) is 0 Å². The molecule has 0 N–H and O–H groups in total. The fourth-order valence-electron chi connectivity index (χ4n) is 6.50. The highest BCUT2D eigenvalue weighted by Gasteiger charge is 2.08. The second-order valence-electron chi connectivity index (χ2n) is 14.2. The average molecular weight is 665 g/mol. The third-order valence-electron chi connectivity index (χ3n) is 9.58. The Morgan fingerprint density at radius 2 is 0.708 bits per heavy atom. The van der Waals surface area contributed by atoms with E-state index in [0.717, 1.165) is 39.6 Å². The van der Waals surface area contributed by atoms with Crippen molar-refractivity contribution in [3.05, 3.63) is 59.7 Å². The van der Waals surface area contributed by atoms with Crippen molar-refractivity contribution in [2.45, 2.75) is 169 Å². The van der Waals surface area contributed by atoms with E-state index in [9.17, 15) is 0 Å². The Balaban J connectivity index is 1.86. The van der Waals surface area contributed by atoms with Gasteiger partial charge in [0.25, 0.3) is 0 Å². The van der Waals surface area contributed by atoms with Crippen LogP contribution in [0.3, 0.4) is 0 Å². The van der Waals surface area contributed by atoms with Gasteiger partial charge in [0.05, 0.1) is 26.7 Å². The molecule has 274 valence electrons. The highest BCUT2D eigenvalue weighted by atomic mass is 16.5. The summed E-state index contributed by atoms with van der Waals surface area (Å²) in [4.78, 5) is 5.09. The minimum absolute atomic E-state index is 0.658. The molecule has 4 heteroatoms. The molecule has 0 saturated carbocycles. The molecule has 0 heterocycles. The Labute approximate surface area is 298 Å². The Morgan fingerprint density at radius 1 is 0.396 bits per heavy atom. The van der Waals surface area contributed by atoms with Gasteiger partial charge >= 0.3 is 0 Å². The summed E-state index contributed by atoms with van der Waals surface area (Å²) in [6.45, 7) is 16.6. The molecule has 48 heavy (non-hydrogen) atoms. The highest BCUT2D eigenvalue weighted by molar-refractivity contribution is 5.64. The molecule has 0 aromatic heterocycles. The first kappa shape index (κ1) is 42.4. The van der Waals surface area contributed by atoms with Crippen molar-refractivity contribution >= 4 is 0 Å². The van der Waals surface area contributed by atoms with Crippen LogP contribution in [0, 0.1) is 0 Å². The summed E-state index contributed by atoms with van der Waals surface area (Å²) < 4.78 is 12.6. The van der Waals surface area contributed by atoms with E-state index in [1.165, 1.54) is 151 Å². The van der Waals surface area contributed by atoms with Gasteiger partial charge in [-0.1, -0.05) is 167 Å². The second kappa shape index (κ2) is 30.1. The van der Waals surface area contributed by atoms with Gasteiger partial charge in [-0.05, 0) is 60.1 Å². The summed E-state index contributed by atoms with van der Waals surface area (Å²) in [5.74, 6) is 0.